The van der Waals surface area contributed by atoms with E-state index >= 15 is 0 Å². The number of amides is 1. The summed E-state index contributed by atoms with van der Waals surface area (Å²) in [5.74, 6) is -0.278. The highest BCUT2D eigenvalue weighted by molar-refractivity contribution is 7.45. The van der Waals surface area contributed by atoms with Crippen LogP contribution >= 0.6 is 7.82 Å². The summed E-state index contributed by atoms with van der Waals surface area (Å²) in [4.78, 5) is 25.2. The second-order valence-corrected chi connectivity index (χ2v) is 16.9. The lowest BCUT2D eigenvalue weighted by Gasteiger charge is -2.31. The fraction of sp³-hybridized carbons (Fsp3) is 0.974. The van der Waals surface area contributed by atoms with Crippen LogP contribution in [0.3, 0.4) is 0 Å². The second kappa shape index (κ2) is 32.1. The number of phosphoric ester groups is 1. The highest BCUT2D eigenvalue weighted by Gasteiger charge is 2.29. The minimum Gasteiger partial charge on any atom is -0.756 e. The molecule has 0 spiro atoms. The molecule has 0 rings (SSSR count). The van der Waals surface area contributed by atoms with Gasteiger partial charge in [-0.2, -0.15) is 0 Å². The number of aliphatic hydroxyl groups is 2. The largest absolute Gasteiger partial charge is 0.756 e. The summed E-state index contributed by atoms with van der Waals surface area (Å²) in [6.07, 6.45) is 28.4. The summed E-state index contributed by atoms with van der Waals surface area (Å²) < 4.78 is 23.1. The third-order valence-corrected chi connectivity index (χ3v) is 10.4. The van der Waals surface area contributed by atoms with Crippen molar-refractivity contribution in [2.45, 2.75) is 205 Å². The Balaban J connectivity index is 4.56. The zero-order chi connectivity index (χ0) is 36.6. The van der Waals surface area contributed by atoms with E-state index in [1.807, 2.05) is 21.1 Å². The van der Waals surface area contributed by atoms with E-state index in [2.05, 4.69) is 19.2 Å². The molecule has 0 heterocycles. The molecular weight excluding hydrogens is 639 g/mol. The van der Waals surface area contributed by atoms with Gasteiger partial charge in [-0.15, -0.1) is 0 Å². The molecule has 0 saturated carbocycles. The molecule has 0 aliphatic rings. The molecule has 294 valence electrons. The Morgan fingerprint density at radius 3 is 1.45 bits per heavy atom. The van der Waals surface area contributed by atoms with Crippen LogP contribution in [-0.2, 0) is 18.4 Å². The van der Waals surface area contributed by atoms with Crippen LogP contribution in [0.4, 0.5) is 0 Å². The predicted molar refractivity (Wildman–Crippen MR) is 202 cm³/mol. The highest BCUT2D eigenvalue weighted by atomic mass is 31.2. The van der Waals surface area contributed by atoms with Gasteiger partial charge in [-0.25, -0.2) is 0 Å². The number of phosphoric acid groups is 1. The molecule has 0 fully saturated rings. The number of hydrogen-bond acceptors (Lipinski definition) is 7. The van der Waals surface area contributed by atoms with Gasteiger partial charge < -0.3 is 34.0 Å². The van der Waals surface area contributed by atoms with Gasteiger partial charge in [0.05, 0.1) is 39.9 Å². The lowest BCUT2D eigenvalue weighted by Crippen LogP contribution is -2.51. The van der Waals surface area contributed by atoms with Gasteiger partial charge >= 0.3 is 0 Å². The van der Waals surface area contributed by atoms with E-state index < -0.39 is 32.7 Å². The van der Waals surface area contributed by atoms with E-state index in [1.165, 1.54) is 122 Å². The van der Waals surface area contributed by atoms with E-state index in [0.717, 1.165) is 38.5 Å². The first-order valence-electron chi connectivity index (χ1n) is 20.5. The van der Waals surface area contributed by atoms with Gasteiger partial charge in [0.25, 0.3) is 7.82 Å². The molecule has 0 bridgehead atoms. The molecule has 1 unspecified atom stereocenters. The molecule has 9 nitrogen and oxygen atoms in total. The number of hydrogen-bond donors (Lipinski definition) is 3. The number of carbonyl (C=O) groups excluding carboxylic acids is 1. The van der Waals surface area contributed by atoms with Gasteiger partial charge in [-0.05, 0) is 12.8 Å². The third-order valence-electron chi connectivity index (χ3n) is 9.44. The van der Waals surface area contributed by atoms with Crippen LogP contribution in [0, 0.1) is 0 Å². The number of rotatable bonds is 37. The van der Waals surface area contributed by atoms with Gasteiger partial charge in [0.2, 0.25) is 5.91 Å². The summed E-state index contributed by atoms with van der Waals surface area (Å²) in [7, 11) is 1.13. The molecule has 0 aliphatic heterocycles. The van der Waals surface area contributed by atoms with E-state index in [-0.39, 0.29) is 18.9 Å². The minimum absolute atomic E-state index is 0.0372. The van der Waals surface area contributed by atoms with Crippen molar-refractivity contribution in [3.63, 3.8) is 0 Å². The minimum atomic E-state index is -4.65. The number of aliphatic hydroxyl groups excluding tert-OH is 2. The molecule has 3 N–H and O–H groups in total. The van der Waals surface area contributed by atoms with E-state index in [4.69, 9.17) is 9.05 Å². The zero-order valence-electron chi connectivity index (χ0n) is 32.8. The van der Waals surface area contributed by atoms with Crippen LogP contribution in [0.1, 0.15) is 187 Å². The quantitative estimate of drug-likeness (QED) is 0.0332. The Hall–Kier alpha value is -0.540. The van der Waals surface area contributed by atoms with Crippen molar-refractivity contribution in [1.29, 1.82) is 0 Å². The Bertz CT molecular complexity index is 796. The molecule has 0 radical (unpaired) electrons. The van der Waals surface area contributed by atoms with Crippen molar-refractivity contribution in [3.8, 4) is 0 Å². The predicted octanol–water partition coefficient (Wildman–Crippen LogP) is 8.97. The van der Waals surface area contributed by atoms with Crippen LogP contribution in [0.2, 0.25) is 0 Å². The molecule has 0 saturated heterocycles. The normalized spacial score (nSPS) is 15.2. The topological polar surface area (TPSA) is 128 Å². The maximum Gasteiger partial charge on any atom is 0.268 e. The summed E-state index contributed by atoms with van der Waals surface area (Å²) in [5.41, 5.74) is 0. The highest BCUT2D eigenvalue weighted by Crippen LogP contribution is 2.38. The van der Waals surface area contributed by atoms with Gasteiger partial charge in [0, 0.05) is 6.42 Å². The first-order chi connectivity index (χ1) is 23.4. The fourth-order valence-corrected chi connectivity index (χ4v) is 6.80. The van der Waals surface area contributed by atoms with Crippen LogP contribution in [0.5, 0.6) is 0 Å². The van der Waals surface area contributed by atoms with Crippen LogP contribution < -0.4 is 10.2 Å². The molecule has 1 amide bonds. The van der Waals surface area contributed by atoms with Crippen molar-refractivity contribution in [2.75, 3.05) is 40.9 Å². The molecular formula is C39H81N2O7P. The molecule has 10 heteroatoms. The van der Waals surface area contributed by atoms with E-state index in [9.17, 15) is 24.5 Å². The van der Waals surface area contributed by atoms with Crippen molar-refractivity contribution in [1.82, 2.24) is 5.32 Å². The van der Waals surface area contributed by atoms with Crippen LogP contribution in [-0.4, -0.2) is 79.8 Å². The standard InChI is InChI=1S/C39H81N2O7P/c1-6-8-10-12-14-16-18-20-22-24-26-28-30-32-38(43)40-36(35-48-49(45,46)47-34-33-41(3,4)5)39(44)37(42)31-29-27-25-23-21-19-17-15-13-11-9-7-2/h36-37,39,42,44H,6-35H2,1-5H3,(H-,40,43,45,46)/t36-,37+,39-/m0/s1. The summed E-state index contributed by atoms with van der Waals surface area (Å²) in [6.45, 7) is 4.43. The number of quaternary nitrogens is 1. The van der Waals surface area contributed by atoms with Crippen LogP contribution in [0.25, 0.3) is 0 Å². The maximum absolute atomic E-state index is 12.8. The average Bonchev–Trinajstić information content (AvgIpc) is 3.04. The summed E-state index contributed by atoms with van der Waals surface area (Å²) in [5, 5.41) is 24.5. The average molecular weight is 721 g/mol. The smallest absolute Gasteiger partial charge is 0.268 e. The Morgan fingerprint density at radius 2 is 1.04 bits per heavy atom. The third kappa shape index (κ3) is 33.1. The number of carbonyl (C=O) groups is 1. The summed E-state index contributed by atoms with van der Waals surface area (Å²) in [6, 6.07) is -1.06. The van der Waals surface area contributed by atoms with Crippen molar-refractivity contribution >= 4 is 13.7 Å². The summed E-state index contributed by atoms with van der Waals surface area (Å²) >= 11 is 0. The molecule has 0 aromatic carbocycles. The monoisotopic (exact) mass is 721 g/mol. The lowest BCUT2D eigenvalue weighted by molar-refractivity contribution is -0.870. The van der Waals surface area contributed by atoms with Crippen molar-refractivity contribution in [2.24, 2.45) is 0 Å². The zero-order valence-corrected chi connectivity index (χ0v) is 33.7. The lowest BCUT2D eigenvalue weighted by atomic mass is 9.99. The van der Waals surface area contributed by atoms with Gasteiger partial charge in [-0.1, -0.05) is 168 Å². The SMILES string of the molecule is CCCCCCCCCCCCCCCC(=O)N[C@@H](COP(=O)([O-])OCC[N+](C)(C)C)[C@H](O)[C@H](O)CCCCCCCCCCCCCC. The number of nitrogens with zero attached hydrogens (tertiary/aromatic N) is 1. The van der Waals surface area contributed by atoms with Crippen molar-refractivity contribution in [3.05, 3.63) is 0 Å². The number of likely N-dealkylation sites (N-methyl/N-ethyl adjacent to an activating group) is 1. The molecule has 0 aromatic rings. The number of nitrogens with one attached hydrogen (secondary N) is 1. The fourth-order valence-electron chi connectivity index (χ4n) is 6.08. The Kier molecular flexibility index (Phi) is 31.8. The second-order valence-electron chi connectivity index (χ2n) is 15.5. The first-order valence-corrected chi connectivity index (χ1v) is 21.9. The number of unbranched alkanes of at least 4 members (excludes halogenated alkanes) is 23. The van der Waals surface area contributed by atoms with Gasteiger partial charge in [0.15, 0.2) is 0 Å². The van der Waals surface area contributed by atoms with Gasteiger partial charge in [-0.3, -0.25) is 9.36 Å². The first kappa shape index (κ1) is 48.5. The maximum atomic E-state index is 12.8. The molecule has 49 heavy (non-hydrogen) atoms. The molecule has 0 aliphatic carbocycles. The van der Waals surface area contributed by atoms with Gasteiger partial charge in [0.1, 0.15) is 19.3 Å². The van der Waals surface area contributed by atoms with E-state index in [1.54, 1.807) is 0 Å². The van der Waals surface area contributed by atoms with Crippen molar-refractivity contribution < 1.29 is 38.0 Å². The Labute approximate surface area is 302 Å². The van der Waals surface area contributed by atoms with Crippen LogP contribution in [0.15, 0.2) is 0 Å². The van der Waals surface area contributed by atoms with E-state index in [0.29, 0.717) is 17.4 Å². The molecule has 0 aromatic heterocycles. The molecule has 4 atom stereocenters. The Morgan fingerprint density at radius 1 is 0.653 bits per heavy atom.